The molecular weight excluding hydrogens is 304 g/mol. The number of benzene rings is 1. The van der Waals surface area contributed by atoms with Gasteiger partial charge in [-0.15, -0.1) is 12.4 Å². The van der Waals surface area contributed by atoms with Crippen LogP contribution >= 0.6 is 12.4 Å². The minimum absolute atomic E-state index is 0. The molecule has 0 aromatic heterocycles. The zero-order valence-corrected chi connectivity index (χ0v) is 12.1. The molecule has 116 valence electrons. The number of nitrogens with one attached hydrogen (secondary N) is 3. The smallest absolute Gasteiger partial charge is 0.262 e. The molecule has 1 aromatic rings. The van der Waals surface area contributed by atoms with E-state index in [1.807, 2.05) is 0 Å². The van der Waals surface area contributed by atoms with Crippen LogP contribution in [0.1, 0.15) is 13.3 Å². The lowest BCUT2D eigenvalue weighted by molar-refractivity contribution is -0.118. The van der Waals surface area contributed by atoms with E-state index in [0.29, 0.717) is 11.4 Å². The van der Waals surface area contributed by atoms with Crippen LogP contribution in [0.15, 0.2) is 24.3 Å². The molecule has 0 aliphatic carbocycles. The van der Waals surface area contributed by atoms with Crippen molar-refractivity contribution in [2.45, 2.75) is 25.3 Å². The normalized spacial score (nSPS) is 19.5. The Morgan fingerprint density at radius 2 is 1.71 bits per heavy atom. The van der Waals surface area contributed by atoms with E-state index >= 15 is 0 Å². The first-order chi connectivity index (χ1) is 9.35. The van der Waals surface area contributed by atoms with Crippen LogP contribution in [-0.2, 0) is 9.59 Å². The topological polar surface area (TPSA) is 70.2 Å². The lowest BCUT2D eigenvalue weighted by Crippen LogP contribution is -2.35. The lowest BCUT2D eigenvalue weighted by atomic mass is 10.2. The highest BCUT2D eigenvalue weighted by Crippen LogP contribution is 2.25. The molecule has 2 rings (SSSR count). The molecule has 1 unspecified atom stereocenters. The van der Waals surface area contributed by atoms with Gasteiger partial charge < -0.3 is 10.6 Å². The van der Waals surface area contributed by atoms with Gasteiger partial charge in [0.25, 0.3) is 5.92 Å². The van der Waals surface area contributed by atoms with E-state index in [0.717, 1.165) is 0 Å². The molecule has 1 aliphatic rings. The van der Waals surface area contributed by atoms with Crippen molar-refractivity contribution in [3.05, 3.63) is 24.3 Å². The second kappa shape index (κ2) is 6.82. The molecule has 1 atom stereocenters. The Labute approximate surface area is 126 Å². The number of anilines is 2. The summed E-state index contributed by atoms with van der Waals surface area (Å²) in [5, 5.41) is 7.63. The van der Waals surface area contributed by atoms with Crippen LogP contribution in [-0.4, -0.2) is 30.3 Å². The van der Waals surface area contributed by atoms with Gasteiger partial charge in [-0.05, 0) is 24.3 Å². The summed E-state index contributed by atoms with van der Waals surface area (Å²) in [5.41, 5.74) is 1.09. The maximum absolute atomic E-state index is 13.0. The fourth-order valence-electron chi connectivity index (χ4n) is 1.97. The van der Waals surface area contributed by atoms with Gasteiger partial charge in [-0.3, -0.25) is 14.9 Å². The molecule has 1 fully saturated rings. The number of amides is 2. The van der Waals surface area contributed by atoms with Crippen molar-refractivity contribution in [3.8, 4) is 0 Å². The Kier molecular flexibility index (Phi) is 5.62. The van der Waals surface area contributed by atoms with Gasteiger partial charge >= 0.3 is 0 Å². The number of halogens is 3. The first-order valence-electron chi connectivity index (χ1n) is 6.15. The molecule has 1 aromatic carbocycles. The lowest BCUT2D eigenvalue weighted by Gasteiger charge is -2.11. The molecule has 2 amide bonds. The SMILES string of the molecule is CC(=O)Nc1ccc(NC(=O)C2CC(F)(F)CN2)cc1.Cl. The Morgan fingerprint density at radius 1 is 1.19 bits per heavy atom. The minimum atomic E-state index is -2.84. The van der Waals surface area contributed by atoms with E-state index in [4.69, 9.17) is 0 Å². The van der Waals surface area contributed by atoms with Gasteiger partial charge in [-0.1, -0.05) is 0 Å². The van der Waals surface area contributed by atoms with Crippen LogP contribution in [0.25, 0.3) is 0 Å². The molecule has 0 spiro atoms. The molecule has 5 nitrogen and oxygen atoms in total. The van der Waals surface area contributed by atoms with E-state index in [9.17, 15) is 18.4 Å². The highest BCUT2D eigenvalue weighted by atomic mass is 35.5. The van der Waals surface area contributed by atoms with Crippen molar-refractivity contribution in [1.29, 1.82) is 0 Å². The maximum Gasteiger partial charge on any atom is 0.262 e. The minimum Gasteiger partial charge on any atom is -0.326 e. The van der Waals surface area contributed by atoms with Gasteiger partial charge in [0.2, 0.25) is 11.8 Å². The second-order valence-electron chi connectivity index (χ2n) is 4.74. The Bertz CT molecular complexity index is 523. The molecule has 1 saturated heterocycles. The van der Waals surface area contributed by atoms with Crippen LogP contribution in [0.3, 0.4) is 0 Å². The summed E-state index contributed by atoms with van der Waals surface area (Å²) in [6, 6.07) is 5.54. The van der Waals surface area contributed by atoms with E-state index < -0.39 is 30.8 Å². The zero-order chi connectivity index (χ0) is 14.8. The molecule has 1 heterocycles. The summed E-state index contributed by atoms with van der Waals surface area (Å²) in [6.45, 7) is 0.911. The monoisotopic (exact) mass is 319 g/mol. The Hall–Kier alpha value is -1.73. The number of carbonyl (C=O) groups excluding carboxylic acids is 2. The average molecular weight is 320 g/mol. The van der Waals surface area contributed by atoms with Gasteiger partial charge in [0.15, 0.2) is 0 Å². The zero-order valence-electron chi connectivity index (χ0n) is 11.3. The highest BCUT2D eigenvalue weighted by Gasteiger charge is 2.42. The van der Waals surface area contributed by atoms with E-state index in [1.54, 1.807) is 24.3 Å². The molecule has 21 heavy (non-hydrogen) atoms. The maximum atomic E-state index is 13.0. The van der Waals surface area contributed by atoms with E-state index in [1.165, 1.54) is 6.92 Å². The number of carbonyl (C=O) groups is 2. The Balaban J connectivity index is 0.00000220. The van der Waals surface area contributed by atoms with Crippen molar-refractivity contribution in [3.63, 3.8) is 0 Å². The largest absolute Gasteiger partial charge is 0.326 e. The van der Waals surface area contributed by atoms with Crippen LogP contribution in [0.2, 0.25) is 0 Å². The van der Waals surface area contributed by atoms with Crippen molar-refractivity contribution < 1.29 is 18.4 Å². The summed E-state index contributed by atoms with van der Waals surface area (Å²) in [4.78, 5) is 22.6. The predicted octanol–water partition coefficient (Wildman–Crippen LogP) is 2.00. The summed E-state index contributed by atoms with van der Waals surface area (Å²) in [5.74, 6) is -3.52. The molecule has 0 radical (unpaired) electrons. The third-order valence-corrected chi connectivity index (χ3v) is 2.90. The summed E-state index contributed by atoms with van der Waals surface area (Å²) >= 11 is 0. The molecule has 0 saturated carbocycles. The quantitative estimate of drug-likeness (QED) is 0.798. The molecule has 8 heteroatoms. The summed E-state index contributed by atoms with van der Waals surface area (Å²) in [6.07, 6.45) is -0.497. The van der Waals surface area contributed by atoms with Crippen LogP contribution < -0.4 is 16.0 Å². The first-order valence-corrected chi connectivity index (χ1v) is 6.15. The van der Waals surface area contributed by atoms with Crippen LogP contribution in [0, 0.1) is 0 Å². The summed E-state index contributed by atoms with van der Waals surface area (Å²) in [7, 11) is 0. The van der Waals surface area contributed by atoms with Crippen molar-refractivity contribution in [2.75, 3.05) is 17.2 Å². The van der Waals surface area contributed by atoms with Gasteiger partial charge in [0, 0.05) is 24.7 Å². The second-order valence-corrected chi connectivity index (χ2v) is 4.74. The van der Waals surface area contributed by atoms with E-state index in [-0.39, 0.29) is 18.3 Å². The number of alkyl halides is 2. The third-order valence-electron chi connectivity index (χ3n) is 2.90. The van der Waals surface area contributed by atoms with Crippen LogP contribution in [0.4, 0.5) is 20.2 Å². The fraction of sp³-hybridized carbons (Fsp3) is 0.385. The van der Waals surface area contributed by atoms with Gasteiger partial charge in [-0.2, -0.15) is 0 Å². The van der Waals surface area contributed by atoms with Gasteiger partial charge in [0.1, 0.15) is 0 Å². The Morgan fingerprint density at radius 3 is 2.14 bits per heavy atom. The van der Waals surface area contributed by atoms with E-state index in [2.05, 4.69) is 16.0 Å². The highest BCUT2D eigenvalue weighted by molar-refractivity contribution is 5.95. The molecule has 3 N–H and O–H groups in total. The predicted molar refractivity (Wildman–Crippen MR) is 78.0 cm³/mol. The fourth-order valence-corrected chi connectivity index (χ4v) is 1.97. The standard InChI is InChI=1S/C13H15F2N3O2.ClH/c1-8(19)17-9-2-4-10(5-3-9)18-12(20)11-6-13(14,15)7-16-11;/h2-5,11,16H,6-7H2,1H3,(H,17,19)(H,18,20);1H. The van der Waals surface area contributed by atoms with Crippen molar-refractivity contribution >= 4 is 35.6 Å². The van der Waals surface area contributed by atoms with Crippen molar-refractivity contribution in [1.82, 2.24) is 5.32 Å². The number of rotatable bonds is 3. The van der Waals surface area contributed by atoms with Gasteiger partial charge in [-0.25, -0.2) is 8.78 Å². The average Bonchev–Trinajstić information content (AvgIpc) is 2.72. The van der Waals surface area contributed by atoms with Gasteiger partial charge in [0.05, 0.1) is 12.6 Å². The number of hydrogen-bond donors (Lipinski definition) is 3. The van der Waals surface area contributed by atoms with Crippen molar-refractivity contribution in [2.24, 2.45) is 0 Å². The third kappa shape index (κ3) is 4.95. The molecular formula is C13H16ClF2N3O2. The van der Waals surface area contributed by atoms with Crippen LogP contribution in [0.5, 0.6) is 0 Å². The first kappa shape index (κ1) is 17.3. The molecule has 1 aliphatic heterocycles. The summed E-state index contributed by atoms with van der Waals surface area (Å²) < 4.78 is 26.0. The number of hydrogen-bond acceptors (Lipinski definition) is 3. The molecule has 0 bridgehead atoms.